The maximum absolute atomic E-state index is 13.5. The topological polar surface area (TPSA) is 64.4 Å². The molecule has 0 radical (unpaired) electrons. The van der Waals surface area contributed by atoms with Crippen molar-refractivity contribution in [1.29, 1.82) is 0 Å². The van der Waals surface area contributed by atoms with Crippen molar-refractivity contribution < 1.29 is 27.1 Å². The van der Waals surface area contributed by atoms with Gasteiger partial charge in [-0.15, -0.1) is 0 Å². The van der Waals surface area contributed by atoms with Crippen LogP contribution in [0.15, 0.2) is 53.3 Å². The summed E-state index contributed by atoms with van der Waals surface area (Å²) in [6, 6.07) is 9.38. The number of benzene rings is 1. The highest BCUT2D eigenvalue weighted by Gasteiger charge is 2.37. The third kappa shape index (κ3) is 4.65. The van der Waals surface area contributed by atoms with Crippen LogP contribution in [0.3, 0.4) is 0 Å². The molecule has 0 atom stereocenters. The highest BCUT2D eigenvalue weighted by atomic mass is 19.4. The van der Waals surface area contributed by atoms with Gasteiger partial charge in [0.05, 0.1) is 22.9 Å². The molecule has 2 heterocycles. The molecule has 0 spiro atoms. The van der Waals surface area contributed by atoms with Gasteiger partial charge < -0.3 is 14.5 Å². The fourth-order valence-electron chi connectivity index (χ4n) is 2.66. The molecule has 3 rings (SSSR count). The third-order valence-corrected chi connectivity index (χ3v) is 3.88. The standard InChI is InChI=1S/C19H17F3N2O3/c20-19(21,22)17-14-6-1-2-7-16(14)24-11-15(17)18(25)23-8-4-9-26-12-13-5-3-10-27-13/h1-3,5-7,10-11H,4,8-9,12H2,(H,23,25). The quantitative estimate of drug-likeness (QED) is 0.627. The minimum absolute atomic E-state index is 0.0977. The summed E-state index contributed by atoms with van der Waals surface area (Å²) in [5.74, 6) is -0.136. The summed E-state index contributed by atoms with van der Waals surface area (Å²) in [6.45, 7) is 0.817. The minimum Gasteiger partial charge on any atom is -0.467 e. The van der Waals surface area contributed by atoms with Crippen LogP contribution in [0.4, 0.5) is 13.2 Å². The molecule has 0 fully saturated rings. The number of ether oxygens (including phenoxy) is 1. The van der Waals surface area contributed by atoms with Crippen molar-refractivity contribution in [2.24, 2.45) is 0 Å². The second kappa shape index (κ2) is 8.22. The summed E-state index contributed by atoms with van der Waals surface area (Å²) >= 11 is 0. The predicted molar refractivity (Wildman–Crippen MR) is 92.1 cm³/mol. The second-order valence-electron chi connectivity index (χ2n) is 5.80. The number of nitrogens with one attached hydrogen (secondary N) is 1. The van der Waals surface area contributed by atoms with E-state index in [0.717, 1.165) is 6.20 Å². The van der Waals surface area contributed by atoms with E-state index in [9.17, 15) is 18.0 Å². The van der Waals surface area contributed by atoms with E-state index in [4.69, 9.17) is 9.15 Å². The van der Waals surface area contributed by atoms with E-state index in [2.05, 4.69) is 10.3 Å². The van der Waals surface area contributed by atoms with E-state index in [1.807, 2.05) is 0 Å². The molecule has 0 bridgehead atoms. The van der Waals surface area contributed by atoms with Crippen molar-refractivity contribution in [2.75, 3.05) is 13.2 Å². The van der Waals surface area contributed by atoms with Crippen LogP contribution in [0, 0.1) is 0 Å². The number of carbonyl (C=O) groups is 1. The third-order valence-electron chi connectivity index (χ3n) is 3.88. The Kier molecular flexibility index (Phi) is 5.75. The molecule has 8 heteroatoms. The fourth-order valence-corrected chi connectivity index (χ4v) is 2.66. The lowest BCUT2D eigenvalue weighted by molar-refractivity contribution is -0.136. The predicted octanol–water partition coefficient (Wildman–Crippen LogP) is 4.18. The zero-order valence-corrected chi connectivity index (χ0v) is 14.3. The van der Waals surface area contributed by atoms with Crippen LogP contribution in [0.5, 0.6) is 0 Å². The molecule has 0 aliphatic carbocycles. The van der Waals surface area contributed by atoms with E-state index < -0.39 is 23.2 Å². The Labute approximate surface area is 153 Å². The van der Waals surface area contributed by atoms with E-state index in [1.165, 1.54) is 24.5 Å². The number of alkyl halides is 3. The van der Waals surface area contributed by atoms with Gasteiger partial charge in [0.15, 0.2) is 0 Å². The monoisotopic (exact) mass is 378 g/mol. The average molecular weight is 378 g/mol. The van der Waals surface area contributed by atoms with Gasteiger partial charge in [0.2, 0.25) is 0 Å². The molecule has 142 valence electrons. The van der Waals surface area contributed by atoms with Crippen LogP contribution in [-0.2, 0) is 17.5 Å². The Bertz CT molecular complexity index is 908. The maximum atomic E-state index is 13.5. The van der Waals surface area contributed by atoms with Crippen molar-refractivity contribution in [2.45, 2.75) is 19.2 Å². The number of fused-ring (bicyclic) bond motifs is 1. The van der Waals surface area contributed by atoms with Crippen molar-refractivity contribution >= 4 is 16.8 Å². The Hall–Kier alpha value is -2.87. The highest BCUT2D eigenvalue weighted by molar-refractivity contribution is 6.00. The van der Waals surface area contributed by atoms with Crippen molar-refractivity contribution in [3.05, 3.63) is 65.7 Å². The van der Waals surface area contributed by atoms with Gasteiger partial charge in [-0.25, -0.2) is 0 Å². The molecule has 1 amide bonds. The molecule has 27 heavy (non-hydrogen) atoms. The summed E-state index contributed by atoms with van der Waals surface area (Å²) in [5.41, 5.74) is -1.27. The summed E-state index contributed by atoms with van der Waals surface area (Å²) in [4.78, 5) is 16.2. The second-order valence-corrected chi connectivity index (χ2v) is 5.80. The van der Waals surface area contributed by atoms with Crippen LogP contribution >= 0.6 is 0 Å². The molecule has 1 N–H and O–H groups in total. The first kappa shape index (κ1) is 18.9. The SMILES string of the molecule is O=C(NCCCOCc1ccco1)c1cnc2ccccc2c1C(F)(F)F. The summed E-state index contributed by atoms with van der Waals surface area (Å²) < 4.78 is 51.0. The number of para-hydroxylation sites is 1. The van der Waals surface area contributed by atoms with Crippen molar-refractivity contribution in [1.82, 2.24) is 10.3 Å². The summed E-state index contributed by atoms with van der Waals surface area (Å²) in [5, 5.41) is 2.39. The normalized spacial score (nSPS) is 11.7. The fraction of sp³-hybridized carbons (Fsp3) is 0.263. The zero-order valence-electron chi connectivity index (χ0n) is 14.3. The first-order valence-electron chi connectivity index (χ1n) is 8.30. The maximum Gasteiger partial charge on any atom is 0.417 e. The molecule has 1 aromatic carbocycles. The van der Waals surface area contributed by atoms with Crippen LogP contribution in [0.1, 0.15) is 28.1 Å². The lowest BCUT2D eigenvalue weighted by Crippen LogP contribution is -2.28. The molecule has 0 saturated carbocycles. The largest absolute Gasteiger partial charge is 0.467 e. The molecule has 5 nitrogen and oxygen atoms in total. The molecule has 3 aromatic rings. The number of furan rings is 1. The Balaban J connectivity index is 1.61. The highest BCUT2D eigenvalue weighted by Crippen LogP contribution is 2.36. The van der Waals surface area contributed by atoms with Gasteiger partial charge in [-0.05, 0) is 24.6 Å². The van der Waals surface area contributed by atoms with Crippen LogP contribution in [0.25, 0.3) is 10.9 Å². The van der Waals surface area contributed by atoms with Gasteiger partial charge in [-0.2, -0.15) is 13.2 Å². The van der Waals surface area contributed by atoms with Crippen molar-refractivity contribution in [3.63, 3.8) is 0 Å². The van der Waals surface area contributed by atoms with Crippen LogP contribution < -0.4 is 5.32 Å². The number of amides is 1. The molecule has 0 saturated heterocycles. The minimum atomic E-state index is -4.67. The molecular weight excluding hydrogens is 361 g/mol. The first-order chi connectivity index (χ1) is 13.0. The van der Waals surface area contributed by atoms with E-state index in [1.54, 1.807) is 18.2 Å². The number of hydrogen-bond donors (Lipinski definition) is 1. The van der Waals surface area contributed by atoms with Gasteiger partial charge in [0.1, 0.15) is 12.4 Å². The Morgan fingerprint density at radius 3 is 2.74 bits per heavy atom. The number of halogens is 3. The summed E-state index contributed by atoms with van der Waals surface area (Å²) in [7, 11) is 0. The summed E-state index contributed by atoms with van der Waals surface area (Å²) in [6.07, 6.45) is -1.71. The Morgan fingerprint density at radius 2 is 2.00 bits per heavy atom. The molecule has 2 aromatic heterocycles. The zero-order chi connectivity index (χ0) is 19.3. The number of pyridine rings is 1. The van der Waals surface area contributed by atoms with Crippen LogP contribution in [0.2, 0.25) is 0 Å². The van der Waals surface area contributed by atoms with E-state index in [0.29, 0.717) is 25.4 Å². The van der Waals surface area contributed by atoms with Gasteiger partial charge in [-0.1, -0.05) is 18.2 Å². The van der Waals surface area contributed by atoms with Gasteiger partial charge in [0.25, 0.3) is 5.91 Å². The van der Waals surface area contributed by atoms with Crippen molar-refractivity contribution in [3.8, 4) is 0 Å². The Morgan fingerprint density at radius 1 is 1.19 bits per heavy atom. The lowest BCUT2D eigenvalue weighted by Gasteiger charge is -2.15. The smallest absolute Gasteiger partial charge is 0.417 e. The first-order valence-corrected chi connectivity index (χ1v) is 8.30. The lowest BCUT2D eigenvalue weighted by atomic mass is 10.0. The molecule has 0 aliphatic rings. The van der Waals surface area contributed by atoms with Gasteiger partial charge in [-0.3, -0.25) is 9.78 Å². The average Bonchev–Trinajstić information content (AvgIpc) is 3.16. The number of aromatic nitrogens is 1. The molecular formula is C19H17F3N2O3. The molecule has 0 aliphatic heterocycles. The van der Waals surface area contributed by atoms with E-state index >= 15 is 0 Å². The number of nitrogens with zero attached hydrogens (tertiary/aromatic N) is 1. The number of hydrogen-bond acceptors (Lipinski definition) is 4. The van der Waals surface area contributed by atoms with Crippen LogP contribution in [-0.4, -0.2) is 24.0 Å². The van der Waals surface area contributed by atoms with Gasteiger partial charge in [0, 0.05) is 24.7 Å². The van der Waals surface area contributed by atoms with Gasteiger partial charge >= 0.3 is 6.18 Å². The number of carbonyl (C=O) groups excluding carboxylic acids is 1. The number of rotatable bonds is 7. The molecule has 0 unspecified atom stereocenters. The van der Waals surface area contributed by atoms with E-state index in [-0.39, 0.29) is 17.4 Å².